The van der Waals surface area contributed by atoms with Crippen molar-refractivity contribution in [3.63, 3.8) is 0 Å². The predicted molar refractivity (Wildman–Crippen MR) is 114 cm³/mol. The van der Waals surface area contributed by atoms with Crippen LogP contribution in [0.2, 0.25) is 0 Å². The van der Waals surface area contributed by atoms with E-state index in [1.54, 1.807) is 0 Å². The summed E-state index contributed by atoms with van der Waals surface area (Å²) in [5.41, 5.74) is 2.77. The first-order valence-corrected chi connectivity index (χ1v) is 9.79. The van der Waals surface area contributed by atoms with E-state index in [0.29, 0.717) is 0 Å². The van der Waals surface area contributed by atoms with Crippen molar-refractivity contribution >= 4 is 32.6 Å². The molecule has 0 saturated heterocycles. The van der Waals surface area contributed by atoms with Crippen LogP contribution in [0.4, 0.5) is 0 Å². The van der Waals surface area contributed by atoms with E-state index in [0.717, 1.165) is 31.9 Å². The lowest BCUT2D eigenvalue weighted by molar-refractivity contribution is 0.0644. The SMILES string of the molecule is CC(C)N(C(=O)c1cc2ccccc2cc1-c1cccc(Br)c1)C(C)C. The van der Waals surface area contributed by atoms with Gasteiger partial charge in [0.1, 0.15) is 0 Å². The summed E-state index contributed by atoms with van der Waals surface area (Å²) in [4.78, 5) is 15.4. The molecule has 0 fully saturated rings. The Labute approximate surface area is 164 Å². The van der Waals surface area contributed by atoms with Crippen LogP contribution in [0.5, 0.6) is 0 Å². The molecule has 0 N–H and O–H groups in total. The van der Waals surface area contributed by atoms with E-state index in [9.17, 15) is 4.79 Å². The first-order valence-electron chi connectivity index (χ1n) is 9.00. The fraction of sp³-hybridized carbons (Fsp3) is 0.261. The maximum atomic E-state index is 13.5. The zero-order valence-corrected chi connectivity index (χ0v) is 17.2. The summed E-state index contributed by atoms with van der Waals surface area (Å²) in [6.07, 6.45) is 0. The summed E-state index contributed by atoms with van der Waals surface area (Å²) in [6.45, 7) is 8.27. The molecular weight excluding hydrogens is 386 g/mol. The Morgan fingerprint density at radius 2 is 1.46 bits per heavy atom. The highest BCUT2D eigenvalue weighted by molar-refractivity contribution is 9.10. The van der Waals surface area contributed by atoms with Gasteiger partial charge in [0.15, 0.2) is 0 Å². The first kappa shape index (κ1) is 18.7. The van der Waals surface area contributed by atoms with Gasteiger partial charge in [-0.3, -0.25) is 4.79 Å². The van der Waals surface area contributed by atoms with Crippen LogP contribution in [-0.4, -0.2) is 22.9 Å². The molecule has 3 aromatic carbocycles. The number of benzene rings is 3. The average molecular weight is 410 g/mol. The highest BCUT2D eigenvalue weighted by atomic mass is 79.9. The number of hydrogen-bond acceptors (Lipinski definition) is 1. The molecule has 0 saturated carbocycles. The molecule has 0 atom stereocenters. The van der Waals surface area contributed by atoms with Gasteiger partial charge >= 0.3 is 0 Å². The van der Waals surface area contributed by atoms with Crippen LogP contribution in [0, 0.1) is 0 Å². The molecule has 0 unspecified atom stereocenters. The van der Waals surface area contributed by atoms with E-state index in [2.05, 4.69) is 74.0 Å². The second kappa shape index (κ2) is 7.63. The highest BCUT2D eigenvalue weighted by Crippen LogP contribution is 2.32. The number of carbonyl (C=O) groups is 1. The summed E-state index contributed by atoms with van der Waals surface area (Å²) in [6, 6.07) is 20.8. The molecule has 0 aliphatic carbocycles. The van der Waals surface area contributed by atoms with Crippen molar-refractivity contribution in [3.8, 4) is 11.1 Å². The number of rotatable bonds is 4. The van der Waals surface area contributed by atoms with E-state index in [1.165, 1.54) is 0 Å². The summed E-state index contributed by atoms with van der Waals surface area (Å²) >= 11 is 3.55. The summed E-state index contributed by atoms with van der Waals surface area (Å²) in [5, 5.41) is 2.22. The smallest absolute Gasteiger partial charge is 0.254 e. The Balaban J connectivity index is 2.25. The van der Waals surface area contributed by atoms with Gasteiger partial charge in [0, 0.05) is 22.1 Å². The van der Waals surface area contributed by atoms with E-state index >= 15 is 0 Å². The molecule has 3 rings (SSSR count). The molecule has 1 amide bonds. The largest absolute Gasteiger partial charge is 0.334 e. The molecule has 0 aromatic heterocycles. The molecule has 26 heavy (non-hydrogen) atoms. The molecule has 0 spiro atoms. The number of hydrogen-bond donors (Lipinski definition) is 0. The van der Waals surface area contributed by atoms with Gasteiger partial charge < -0.3 is 4.90 Å². The molecule has 3 aromatic rings. The maximum Gasteiger partial charge on any atom is 0.254 e. The molecule has 0 radical (unpaired) electrons. The van der Waals surface area contributed by atoms with E-state index in [4.69, 9.17) is 0 Å². The Morgan fingerprint density at radius 3 is 2.04 bits per heavy atom. The Morgan fingerprint density at radius 1 is 0.846 bits per heavy atom. The Bertz CT molecular complexity index is 938. The Kier molecular flexibility index (Phi) is 5.47. The van der Waals surface area contributed by atoms with Crippen molar-refractivity contribution in [1.29, 1.82) is 0 Å². The zero-order chi connectivity index (χ0) is 18.8. The predicted octanol–water partition coefficient (Wildman–Crippen LogP) is 6.53. The summed E-state index contributed by atoms with van der Waals surface area (Å²) in [5.74, 6) is 0.0794. The lowest BCUT2D eigenvalue weighted by atomic mass is 9.94. The molecule has 134 valence electrons. The first-order chi connectivity index (χ1) is 12.4. The van der Waals surface area contributed by atoms with Crippen molar-refractivity contribution in [2.24, 2.45) is 0 Å². The fourth-order valence-electron chi connectivity index (χ4n) is 3.52. The van der Waals surface area contributed by atoms with Crippen LogP contribution >= 0.6 is 15.9 Å². The molecular formula is C23H24BrNO. The fourth-order valence-corrected chi connectivity index (χ4v) is 3.92. The van der Waals surface area contributed by atoms with Gasteiger partial charge in [-0.2, -0.15) is 0 Å². The third-order valence-corrected chi connectivity index (χ3v) is 5.09. The molecule has 2 nitrogen and oxygen atoms in total. The normalized spacial score (nSPS) is 11.3. The number of carbonyl (C=O) groups excluding carboxylic acids is 1. The highest BCUT2D eigenvalue weighted by Gasteiger charge is 2.24. The number of amides is 1. The minimum absolute atomic E-state index is 0.0794. The van der Waals surface area contributed by atoms with Crippen LogP contribution in [0.15, 0.2) is 65.1 Å². The van der Waals surface area contributed by atoms with Crippen LogP contribution in [0.3, 0.4) is 0 Å². The van der Waals surface area contributed by atoms with Crippen molar-refractivity contribution in [1.82, 2.24) is 4.90 Å². The Hall–Kier alpha value is -2.13. The van der Waals surface area contributed by atoms with E-state index in [-0.39, 0.29) is 18.0 Å². The third-order valence-electron chi connectivity index (χ3n) is 4.60. The standard InChI is InChI=1S/C23H24BrNO/c1-15(2)25(16(3)4)23(26)22-14-18-9-6-5-8-17(18)13-21(22)19-10-7-11-20(24)12-19/h5-16H,1-4H3. The minimum Gasteiger partial charge on any atom is -0.334 e. The van der Waals surface area contributed by atoms with Crippen LogP contribution in [0.1, 0.15) is 38.1 Å². The van der Waals surface area contributed by atoms with Crippen molar-refractivity contribution in [2.75, 3.05) is 0 Å². The van der Waals surface area contributed by atoms with Gasteiger partial charge in [0.25, 0.3) is 5.91 Å². The van der Waals surface area contributed by atoms with Gasteiger partial charge in [-0.1, -0.05) is 52.3 Å². The van der Waals surface area contributed by atoms with Gasteiger partial charge in [-0.25, -0.2) is 0 Å². The number of nitrogens with zero attached hydrogens (tertiary/aromatic N) is 1. The van der Waals surface area contributed by atoms with Crippen molar-refractivity contribution in [2.45, 2.75) is 39.8 Å². The maximum absolute atomic E-state index is 13.5. The molecule has 0 bridgehead atoms. The summed E-state index contributed by atoms with van der Waals surface area (Å²) < 4.78 is 1.01. The van der Waals surface area contributed by atoms with Crippen molar-refractivity contribution in [3.05, 3.63) is 70.7 Å². The summed E-state index contributed by atoms with van der Waals surface area (Å²) in [7, 11) is 0. The average Bonchev–Trinajstić information content (AvgIpc) is 2.60. The molecule has 0 heterocycles. The second-order valence-electron chi connectivity index (χ2n) is 7.16. The molecule has 0 aliphatic heterocycles. The quantitative estimate of drug-likeness (QED) is 0.479. The number of halogens is 1. The van der Waals surface area contributed by atoms with E-state index in [1.807, 2.05) is 35.2 Å². The lowest BCUT2D eigenvalue weighted by Gasteiger charge is -2.31. The molecule has 3 heteroatoms. The van der Waals surface area contributed by atoms with E-state index < -0.39 is 0 Å². The van der Waals surface area contributed by atoms with Crippen LogP contribution in [0.25, 0.3) is 21.9 Å². The van der Waals surface area contributed by atoms with Gasteiger partial charge in [0.05, 0.1) is 0 Å². The van der Waals surface area contributed by atoms with Gasteiger partial charge in [-0.05, 0) is 73.9 Å². The second-order valence-corrected chi connectivity index (χ2v) is 8.07. The molecule has 0 aliphatic rings. The third kappa shape index (κ3) is 3.68. The monoisotopic (exact) mass is 409 g/mol. The van der Waals surface area contributed by atoms with Crippen LogP contribution < -0.4 is 0 Å². The van der Waals surface area contributed by atoms with Crippen molar-refractivity contribution < 1.29 is 4.79 Å². The number of fused-ring (bicyclic) bond motifs is 1. The lowest BCUT2D eigenvalue weighted by Crippen LogP contribution is -2.42. The zero-order valence-electron chi connectivity index (χ0n) is 15.7. The van der Waals surface area contributed by atoms with Gasteiger partial charge in [0.2, 0.25) is 0 Å². The van der Waals surface area contributed by atoms with Gasteiger partial charge in [-0.15, -0.1) is 0 Å². The minimum atomic E-state index is 0.0794. The topological polar surface area (TPSA) is 20.3 Å². The van der Waals surface area contributed by atoms with Crippen LogP contribution in [-0.2, 0) is 0 Å².